The average Bonchev–Trinajstić information content (AvgIpc) is 2.55. The zero-order valence-corrected chi connectivity index (χ0v) is 13.3. The molecule has 1 atom stereocenters. The largest absolute Gasteiger partial charge is 0.496 e. The second-order valence-electron chi connectivity index (χ2n) is 4.76. The molecule has 2 N–H and O–H groups in total. The highest BCUT2D eigenvalue weighted by Gasteiger charge is 2.14. The van der Waals surface area contributed by atoms with Gasteiger partial charge in [0.1, 0.15) is 5.75 Å². The number of hydrogen-bond acceptors (Lipinski definition) is 3. The van der Waals surface area contributed by atoms with E-state index in [1.807, 2.05) is 43.3 Å². The maximum Gasteiger partial charge on any atom is 0.261 e. The van der Waals surface area contributed by atoms with E-state index in [2.05, 4.69) is 10.6 Å². The first-order chi connectivity index (χ1) is 10.6. The molecule has 22 heavy (non-hydrogen) atoms. The number of amides is 1. The molecular formula is C17H18N2O2S. The van der Waals surface area contributed by atoms with Crippen molar-refractivity contribution in [3.63, 3.8) is 0 Å². The van der Waals surface area contributed by atoms with Crippen LogP contribution < -0.4 is 15.4 Å². The van der Waals surface area contributed by atoms with Crippen molar-refractivity contribution in [3.8, 4) is 5.75 Å². The molecule has 0 bridgehead atoms. The third kappa shape index (κ3) is 4.05. The summed E-state index contributed by atoms with van der Waals surface area (Å²) in [5.41, 5.74) is 1.54. The van der Waals surface area contributed by atoms with Crippen molar-refractivity contribution >= 4 is 23.2 Å². The molecule has 0 aliphatic carbocycles. The molecule has 0 saturated heterocycles. The van der Waals surface area contributed by atoms with Gasteiger partial charge in [-0.05, 0) is 36.8 Å². The molecule has 5 heteroatoms. The number of para-hydroxylation sites is 1. The molecule has 0 aliphatic rings. The van der Waals surface area contributed by atoms with E-state index in [9.17, 15) is 4.79 Å². The molecule has 0 fully saturated rings. The van der Waals surface area contributed by atoms with Crippen LogP contribution >= 0.6 is 12.2 Å². The van der Waals surface area contributed by atoms with Gasteiger partial charge in [0.2, 0.25) is 0 Å². The van der Waals surface area contributed by atoms with Gasteiger partial charge >= 0.3 is 0 Å². The molecule has 0 heterocycles. The number of rotatable bonds is 4. The predicted octanol–water partition coefficient (Wildman–Crippen LogP) is 3.06. The lowest BCUT2D eigenvalue weighted by Gasteiger charge is -2.17. The van der Waals surface area contributed by atoms with Gasteiger partial charge in [0.25, 0.3) is 5.91 Å². The van der Waals surface area contributed by atoms with E-state index in [-0.39, 0.29) is 17.1 Å². The smallest absolute Gasteiger partial charge is 0.261 e. The number of carbonyl (C=O) groups is 1. The fraction of sp³-hybridized carbons (Fsp3) is 0.176. The number of methoxy groups -OCH3 is 1. The Morgan fingerprint density at radius 2 is 1.73 bits per heavy atom. The van der Waals surface area contributed by atoms with E-state index in [1.54, 1.807) is 18.2 Å². The van der Waals surface area contributed by atoms with Crippen LogP contribution in [0.4, 0.5) is 0 Å². The number of nitrogens with one attached hydrogen (secondary N) is 2. The second-order valence-corrected chi connectivity index (χ2v) is 5.17. The fourth-order valence-corrected chi connectivity index (χ4v) is 2.33. The summed E-state index contributed by atoms with van der Waals surface area (Å²) in [6, 6.07) is 16.9. The summed E-state index contributed by atoms with van der Waals surface area (Å²) in [7, 11) is 1.53. The lowest BCUT2D eigenvalue weighted by Crippen LogP contribution is -2.40. The Morgan fingerprint density at radius 1 is 1.09 bits per heavy atom. The zero-order valence-electron chi connectivity index (χ0n) is 12.5. The summed E-state index contributed by atoms with van der Waals surface area (Å²) in [6.45, 7) is 1.98. The van der Waals surface area contributed by atoms with Crippen molar-refractivity contribution in [2.75, 3.05) is 7.11 Å². The van der Waals surface area contributed by atoms with Crippen LogP contribution in [0.15, 0.2) is 54.6 Å². The van der Waals surface area contributed by atoms with Crippen LogP contribution in [0.2, 0.25) is 0 Å². The quantitative estimate of drug-likeness (QED) is 0.852. The number of ether oxygens (including phenoxy) is 1. The summed E-state index contributed by atoms with van der Waals surface area (Å²) in [6.07, 6.45) is 0. The van der Waals surface area contributed by atoms with Crippen LogP contribution in [0.5, 0.6) is 5.75 Å². The first-order valence-electron chi connectivity index (χ1n) is 6.91. The maximum absolute atomic E-state index is 12.2. The van der Waals surface area contributed by atoms with E-state index in [0.717, 1.165) is 5.56 Å². The molecule has 0 aliphatic heterocycles. The van der Waals surface area contributed by atoms with Gasteiger partial charge in [-0.3, -0.25) is 10.1 Å². The highest BCUT2D eigenvalue weighted by molar-refractivity contribution is 7.80. The average molecular weight is 314 g/mol. The minimum absolute atomic E-state index is 0.00617. The lowest BCUT2D eigenvalue weighted by molar-refractivity contribution is 0.0973. The number of hydrogen-bond donors (Lipinski definition) is 2. The summed E-state index contributed by atoms with van der Waals surface area (Å²) in [5.74, 6) is 0.217. The van der Waals surface area contributed by atoms with Crippen molar-refractivity contribution in [1.29, 1.82) is 0 Å². The molecule has 0 unspecified atom stereocenters. The van der Waals surface area contributed by atoms with Crippen LogP contribution in [-0.4, -0.2) is 18.1 Å². The van der Waals surface area contributed by atoms with Crippen molar-refractivity contribution in [1.82, 2.24) is 10.6 Å². The van der Waals surface area contributed by atoms with Gasteiger partial charge in [-0.15, -0.1) is 0 Å². The number of carbonyl (C=O) groups excluding carboxylic acids is 1. The molecule has 2 aromatic rings. The highest BCUT2D eigenvalue weighted by Crippen LogP contribution is 2.17. The van der Waals surface area contributed by atoms with Crippen LogP contribution in [0.1, 0.15) is 28.9 Å². The molecular weight excluding hydrogens is 296 g/mol. The molecule has 4 nitrogen and oxygen atoms in total. The molecule has 0 aromatic heterocycles. The van der Waals surface area contributed by atoms with E-state index in [0.29, 0.717) is 11.3 Å². The number of thiocarbonyl (C=S) groups is 1. The minimum atomic E-state index is -0.296. The monoisotopic (exact) mass is 314 g/mol. The summed E-state index contributed by atoms with van der Waals surface area (Å²) in [4.78, 5) is 12.2. The van der Waals surface area contributed by atoms with E-state index in [4.69, 9.17) is 17.0 Å². The van der Waals surface area contributed by atoms with Crippen molar-refractivity contribution in [3.05, 3.63) is 65.7 Å². The van der Waals surface area contributed by atoms with Gasteiger partial charge in [-0.1, -0.05) is 42.5 Å². The molecule has 114 valence electrons. The van der Waals surface area contributed by atoms with E-state index in [1.165, 1.54) is 7.11 Å². The Labute approximate surface area is 135 Å². The fourth-order valence-electron chi connectivity index (χ4n) is 2.06. The second kappa shape index (κ2) is 7.56. The van der Waals surface area contributed by atoms with Crippen LogP contribution in [0.25, 0.3) is 0 Å². The molecule has 1 amide bonds. The van der Waals surface area contributed by atoms with Crippen molar-refractivity contribution in [2.45, 2.75) is 13.0 Å². The van der Waals surface area contributed by atoms with Gasteiger partial charge in [-0.2, -0.15) is 0 Å². The van der Waals surface area contributed by atoms with Crippen molar-refractivity contribution < 1.29 is 9.53 Å². The maximum atomic E-state index is 12.2. The SMILES string of the molecule is COc1ccccc1C(=O)NC(=S)N[C@H](C)c1ccccc1. The van der Waals surface area contributed by atoms with Crippen LogP contribution in [-0.2, 0) is 0 Å². The lowest BCUT2D eigenvalue weighted by atomic mass is 10.1. The highest BCUT2D eigenvalue weighted by atomic mass is 32.1. The number of benzene rings is 2. The molecule has 0 radical (unpaired) electrons. The Balaban J connectivity index is 1.98. The Morgan fingerprint density at radius 3 is 2.41 bits per heavy atom. The first kappa shape index (κ1) is 16.0. The summed E-state index contributed by atoms with van der Waals surface area (Å²) in [5, 5.41) is 6.05. The first-order valence-corrected chi connectivity index (χ1v) is 7.32. The molecule has 0 spiro atoms. The normalized spacial score (nSPS) is 11.4. The van der Waals surface area contributed by atoms with Crippen molar-refractivity contribution in [2.24, 2.45) is 0 Å². The van der Waals surface area contributed by atoms with Gasteiger partial charge in [0.05, 0.1) is 18.7 Å². The summed E-state index contributed by atoms with van der Waals surface area (Å²) < 4.78 is 5.17. The summed E-state index contributed by atoms with van der Waals surface area (Å²) >= 11 is 5.20. The minimum Gasteiger partial charge on any atom is -0.496 e. The van der Waals surface area contributed by atoms with Gasteiger partial charge < -0.3 is 10.1 Å². The molecule has 0 saturated carbocycles. The van der Waals surface area contributed by atoms with Gasteiger partial charge in [0.15, 0.2) is 5.11 Å². The van der Waals surface area contributed by atoms with Crippen LogP contribution in [0, 0.1) is 0 Å². The molecule has 2 aromatic carbocycles. The van der Waals surface area contributed by atoms with Crippen LogP contribution in [0.3, 0.4) is 0 Å². The predicted molar refractivity (Wildman–Crippen MR) is 91.1 cm³/mol. The standard InChI is InChI=1S/C17H18N2O2S/c1-12(13-8-4-3-5-9-13)18-17(22)19-16(20)14-10-6-7-11-15(14)21-2/h3-12H,1-2H3,(H2,18,19,20,22)/t12-/m1/s1. The molecule has 2 rings (SSSR count). The Kier molecular flexibility index (Phi) is 5.49. The third-order valence-corrected chi connectivity index (χ3v) is 3.45. The third-order valence-electron chi connectivity index (χ3n) is 3.23. The van der Waals surface area contributed by atoms with Gasteiger partial charge in [0, 0.05) is 0 Å². The Bertz CT molecular complexity index is 659. The van der Waals surface area contributed by atoms with E-state index < -0.39 is 0 Å². The topological polar surface area (TPSA) is 50.4 Å². The van der Waals surface area contributed by atoms with Gasteiger partial charge in [-0.25, -0.2) is 0 Å². The van der Waals surface area contributed by atoms with E-state index >= 15 is 0 Å². The Hall–Kier alpha value is -2.40. The zero-order chi connectivity index (χ0) is 15.9.